The van der Waals surface area contributed by atoms with E-state index in [9.17, 15) is 4.79 Å². The van der Waals surface area contributed by atoms with Crippen LogP contribution < -0.4 is 5.32 Å². The molecule has 4 heteroatoms. The predicted octanol–water partition coefficient (Wildman–Crippen LogP) is 4.23. The lowest BCUT2D eigenvalue weighted by Gasteiger charge is -2.17. The smallest absolute Gasteiger partial charge is 0.238 e. The van der Waals surface area contributed by atoms with Gasteiger partial charge in [-0.05, 0) is 35.4 Å². The summed E-state index contributed by atoms with van der Waals surface area (Å²) in [6.45, 7) is 0.500. The van der Waals surface area contributed by atoms with Crippen molar-refractivity contribution in [3.63, 3.8) is 0 Å². The lowest BCUT2D eigenvalue weighted by atomic mass is 10.1. The third-order valence-corrected chi connectivity index (χ3v) is 4.82. The molecule has 1 amide bonds. The minimum atomic E-state index is -0.282. The number of rotatable bonds is 6. The van der Waals surface area contributed by atoms with E-state index in [1.54, 1.807) is 24.2 Å². The van der Waals surface area contributed by atoms with Crippen LogP contribution in [-0.2, 0) is 11.3 Å². The summed E-state index contributed by atoms with van der Waals surface area (Å²) in [6, 6.07) is 23.7. The molecule has 3 nitrogen and oxygen atoms in total. The maximum Gasteiger partial charge on any atom is 0.238 e. The van der Waals surface area contributed by atoms with E-state index in [0.717, 1.165) is 16.0 Å². The van der Waals surface area contributed by atoms with Gasteiger partial charge in [-0.3, -0.25) is 9.78 Å². The molecule has 120 valence electrons. The molecule has 24 heavy (non-hydrogen) atoms. The lowest BCUT2D eigenvalue weighted by molar-refractivity contribution is -0.120. The predicted molar refractivity (Wildman–Crippen MR) is 97.6 cm³/mol. The molecule has 1 aromatic heterocycles. The molecule has 0 bridgehead atoms. The maximum absolute atomic E-state index is 12.8. The van der Waals surface area contributed by atoms with Crippen molar-refractivity contribution in [2.75, 3.05) is 0 Å². The Bertz CT molecular complexity index is 763. The number of pyridine rings is 1. The van der Waals surface area contributed by atoms with Crippen molar-refractivity contribution in [1.29, 1.82) is 0 Å². The minimum Gasteiger partial charge on any atom is -0.351 e. The van der Waals surface area contributed by atoms with Gasteiger partial charge >= 0.3 is 0 Å². The van der Waals surface area contributed by atoms with Gasteiger partial charge in [-0.25, -0.2) is 0 Å². The van der Waals surface area contributed by atoms with Crippen LogP contribution >= 0.6 is 11.8 Å². The first-order chi connectivity index (χ1) is 11.8. The van der Waals surface area contributed by atoms with E-state index in [1.807, 2.05) is 72.8 Å². The van der Waals surface area contributed by atoms with Gasteiger partial charge in [-0.1, -0.05) is 48.5 Å². The highest BCUT2D eigenvalue weighted by atomic mass is 32.2. The second kappa shape index (κ2) is 8.31. The number of nitrogens with zero attached hydrogens (tertiary/aromatic N) is 1. The van der Waals surface area contributed by atoms with Gasteiger partial charge < -0.3 is 5.32 Å². The van der Waals surface area contributed by atoms with E-state index in [2.05, 4.69) is 10.3 Å². The Labute approximate surface area is 146 Å². The molecular formula is C20H18N2OS. The first-order valence-electron chi connectivity index (χ1n) is 7.76. The fraction of sp³-hybridized carbons (Fsp3) is 0.100. The van der Waals surface area contributed by atoms with Crippen molar-refractivity contribution in [3.05, 3.63) is 96.3 Å². The number of hydrogen-bond acceptors (Lipinski definition) is 3. The van der Waals surface area contributed by atoms with Gasteiger partial charge in [-0.15, -0.1) is 11.8 Å². The van der Waals surface area contributed by atoms with E-state index in [1.165, 1.54) is 0 Å². The molecule has 0 spiro atoms. The van der Waals surface area contributed by atoms with Gasteiger partial charge in [0.1, 0.15) is 5.25 Å². The molecule has 0 unspecified atom stereocenters. The van der Waals surface area contributed by atoms with Gasteiger partial charge in [-0.2, -0.15) is 0 Å². The van der Waals surface area contributed by atoms with E-state index in [-0.39, 0.29) is 11.2 Å². The van der Waals surface area contributed by atoms with Crippen molar-refractivity contribution in [3.8, 4) is 0 Å². The fourth-order valence-corrected chi connectivity index (χ4v) is 3.39. The number of thioether (sulfide) groups is 1. The van der Waals surface area contributed by atoms with Crippen molar-refractivity contribution < 1.29 is 4.79 Å². The Hall–Kier alpha value is -2.59. The summed E-state index contributed by atoms with van der Waals surface area (Å²) in [7, 11) is 0. The SMILES string of the molecule is O=C(NCc1ccncc1)[C@H](Sc1ccccc1)c1ccccc1. The molecule has 1 heterocycles. The molecular weight excluding hydrogens is 316 g/mol. The molecule has 1 atom stereocenters. The third-order valence-electron chi connectivity index (χ3n) is 3.55. The molecule has 0 aliphatic carbocycles. The molecule has 1 N–H and O–H groups in total. The Morgan fingerprint density at radius 2 is 1.54 bits per heavy atom. The molecule has 0 aliphatic rings. The molecule has 3 rings (SSSR count). The van der Waals surface area contributed by atoms with Gasteiger partial charge in [0.05, 0.1) is 0 Å². The zero-order valence-electron chi connectivity index (χ0n) is 13.1. The van der Waals surface area contributed by atoms with Crippen molar-refractivity contribution in [1.82, 2.24) is 10.3 Å². The number of amides is 1. The first kappa shape index (κ1) is 16.3. The number of carbonyl (C=O) groups excluding carboxylic acids is 1. The van der Waals surface area contributed by atoms with Gasteiger partial charge in [0, 0.05) is 23.8 Å². The summed E-state index contributed by atoms with van der Waals surface area (Å²) in [5.74, 6) is 0.00636. The zero-order valence-corrected chi connectivity index (χ0v) is 13.9. The van der Waals surface area contributed by atoms with Crippen LogP contribution in [0.2, 0.25) is 0 Å². The van der Waals surface area contributed by atoms with Crippen LogP contribution in [-0.4, -0.2) is 10.9 Å². The van der Waals surface area contributed by atoms with Gasteiger partial charge in [0.15, 0.2) is 0 Å². The van der Waals surface area contributed by atoms with Crippen LogP contribution in [0.5, 0.6) is 0 Å². The van der Waals surface area contributed by atoms with Crippen LogP contribution in [0.3, 0.4) is 0 Å². The average Bonchev–Trinajstić information content (AvgIpc) is 2.66. The monoisotopic (exact) mass is 334 g/mol. The summed E-state index contributed by atoms with van der Waals surface area (Å²) in [6.07, 6.45) is 3.46. The number of aromatic nitrogens is 1. The van der Waals surface area contributed by atoms with Crippen LogP contribution in [0.15, 0.2) is 90.1 Å². The number of hydrogen-bond donors (Lipinski definition) is 1. The Morgan fingerprint density at radius 1 is 0.917 bits per heavy atom. The Kier molecular flexibility index (Phi) is 5.64. The number of carbonyl (C=O) groups is 1. The highest BCUT2D eigenvalue weighted by molar-refractivity contribution is 8.00. The summed E-state index contributed by atoms with van der Waals surface area (Å²) < 4.78 is 0. The number of benzene rings is 2. The fourth-order valence-electron chi connectivity index (χ4n) is 2.32. The molecule has 0 saturated carbocycles. The van der Waals surface area contributed by atoms with E-state index >= 15 is 0 Å². The summed E-state index contributed by atoms with van der Waals surface area (Å²) >= 11 is 1.56. The summed E-state index contributed by atoms with van der Waals surface area (Å²) in [5, 5.41) is 2.75. The van der Waals surface area contributed by atoms with E-state index in [0.29, 0.717) is 6.54 Å². The second-order valence-corrected chi connectivity index (χ2v) is 6.47. The van der Waals surface area contributed by atoms with Crippen molar-refractivity contribution in [2.45, 2.75) is 16.7 Å². The molecule has 2 aromatic carbocycles. The third kappa shape index (κ3) is 4.46. The molecule has 0 fully saturated rings. The van der Waals surface area contributed by atoms with Crippen LogP contribution in [0.4, 0.5) is 0 Å². The quantitative estimate of drug-likeness (QED) is 0.686. The van der Waals surface area contributed by atoms with Crippen LogP contribution in [0.25, 0.3) is 0 Å². The summed E-state index contributed by atoms with van der Waals surface area (Å²) in [5.41, 5.74) is 2.04. The maximum atomic E-state index is 12.8. The molecule has 0 saturated heterocycles. The Balaban J connectivity index is 1.75. The number of nitrogens with one attached hydrogen (secondary N) is 1. The van der Waals surface area contributed by atoms with Crippen molar-refractivity contribution in [2.24, 2.45) is 0 Å². The second-order valence-electron chi connectivity index (χ2n) is 5.29. The average molecular weight is 334 g/mol. The molecule has 0 aliphatic heterocycles. The minimum absolute atomic E-state index is 0.00636. The first-order valence-corrected chi connectivity index (χ1v) is 8.64. The lowest BCUT2D eigenvalue weighted by Crippen LogP contribution is -2.27. The highest BCUT2D eigenvalue weighted by Crippen LogP contribution is 2.35. The van der Waals surface area contributed by atoms with Crippen LogP contribution in [0.1, 0.15) is 16.4 Å². The van der Waals surface area contributed by atoms with Gasteiger partial charge in [0.2, 0.25) is 5.91 Å². The van der Waals surface area contributed by atoms with E-state index in [4.69, 9.17) is 0 Å². The Morgan fingerprint density at radius 3 is 2.21 bits per heavy atom. The molecule has 3 aromatic rings. The van der Waals surface area contributed by atoms with Gasteiger partial charge in [0.25, 0.3) is 0 Å². The summed E-state index contributed by atoms with van der Waals surface area (Å²) in [4.78, 5) is 17.8. The largest absolute Gasteiger partial charge is 0.351 e. The standard InChI is InChI=1S/C20H18N2OS/c23-20(22-15-16-11-13-21-14-12-16)19(17-7-3-1-4-8-17)24-18-9-5-2-6-10-18/h1-14,19H,15H2,(H,22,23)/t19-/m1/s1. The normalized spacial score (nSPS) is 11.7. The highest BCUT2D eigenvalue weighted by Gasteiger charge is 2.21. The van der Waals surface area contributed by atoms with Crippen molar-refractivity contribution >= 4 is 17.7 Å². The topological polar surface area (TPSA) is 42.0 Å². The van der Waals surface area contributed by atoms with Crippen LogP contribution in [0, 0.1) is 0 Å². The molecule has 0 radical (unpaired) electrons. The van der Waals surface area contributed by atoms with E-state index < -0.39 is 0 Å². The zero-order chi connectivity index (χ0) is 16.6.